The maximum absolute atomic E-state index is 11.8. The third-order valence-corrected chi connectivity index (χ3v) is 4.07. The second kappa shape index (κ2) is 6.23. The van der Waals surface area contributed by atoms with Crippen LogP contribution in [-0.4, -0.2) is 47.9 Å². The van der Waals surface area contributed by atoms with Gasteiger partial charge in [0.2, 0.25) is 5.91 Å². The van der Waals surface area contributed by atoms with E-state index in [0.717, 1.165) is 32.2 Å². The van der Waals surface area contributed by atoms with E-state index in [2.05, 4.69) is 4.90 Å². The minimum atomic E-state index is 0.0679. The molecule has 2 fully saturated rings. The molecule has 0 radical (unpaired) electrons. The van der Waals surface area contributed by atoms with Crippen molar-refractivity contribution in [2.24, 2.45) is 5.73 Å². The van der Waals surface area contributed by atoms with Crippen LogP contribution in [0.4, 0.5) is 0 Å². The molecule has 0 aromatic rings. The average molecular weight is 251 g/mol. The lowest BCUT2D eigenvalue weighted by Gasteiger charge is -2.40. The molecule has 0 unspecified atom stereocenters. The Morgan fingerprint density at radius 3 is 2.28 bits per heavy atom. The molecular formula is C14H25N3O. The number of rotatable bonds is 2. The zero-order valence-corrected chi connectivity index (χ0v) is 11.4. The Morgan fingerprint density at radius 2 is 1.72 bits per heavy atom. The van der Waals surface area contributed by atoms with E-state index in [1.165, 1.54) is 38.2 Å². The lowest BCUT2D eigenvalue weighted by Crippen LogP contribution is -2.52. The van der Waals surface area contributed by atoms with Crippen LogP contribution in [0.3, 0.4) is 0 Å². The molecule has 4 heteroatoms. The minimum absolute atomic E-state index is 0.0679. The van der Waals surface area contributed by atoms with Gasteiger partial charge in [0.05, 0.1) is 0 Å². The van der Waals surface area contributed by atoms with Gasteiger partial charge in [-0.15, -0.1) is 0 Å². The number of piperazine rings is 1. The summed E-state index contributed by atoms with van der Waals surface area (Å²) in [5.41, 5.74) is 6.14. The molecule has 18 heavy (non-hydrogen) atoms. The first-order valence-corrected chi connectivity index (χ1v) is 7.13. The zero-order chi connectivity index (χ0) is 13.0. The van der Waals surface area contributed by atoms with Crippen molar-refractivity contribution in [3.8, 4) is 0 Å². The van der Waals surface area contributed by atoms with Gasteiger partial charge in [-0.2, -0.15) is 0 Å². The molecule has 1 heterocycles. The van der Waals surface area contributed by atoms with Gasteiger partial charge in [0.25, 0.3) is 0 Å². The summed E-state index contributed by atoms with van der Waals surface area (Å²) < 4.78 is 0. The van der Waals surface area contributed by atoms with Gasteiger partial charge in [-0.3, -0.25) is 9.69 Å². The number of nitrogens with zero attached hydrogens (tertiary/aromatic N) is 2. The van der Waals surface area contributed by atoms with E-state index in [0.29, 0.717) is 5.70 Å². The summed E-state index contributed by atoms with van der Waals surface area (Å²) in [6.45, 7) is 5.50. The first-order valence-electron chi connectivity index (χ1n) is 7.13. The molecule has 1 amide bonds. The SMILES string of the molecule is C/C(N)=C/C(=O)N1CCN(C2CCCCC2)CC1. The van der Waals surface area contributed by atoms with E-state index < -0.39 is 0 Å². The predicted molar refractivity (Wildman–Crippen MR) is 73.0 cm³/mol. The van der Waals surface area contributed by atoms with Crippen LogP contribution in [0.25, 0.3) is 0 Å². The molecule has 0 atom stereocenters. The van der Waals surface area contributed by atoms with E-state index >= 15 is 0 Å². The Bertz CT molecular complexity index is 309. The van der Waals surface area contributed by atoms with Crippen LogP contribution in [0.15, 0.2) is 11.8 Å². The molecule has 0 spiro atoms. The van der Waals surface area contributed by atoms with Gasteiger partial charge < -0.3 is 10.6 Å². The smallest absolute Gasteiger partial charge is 0.248 e. The van der Waals surface area contributed by atoms with Gasteiger partial charge in [-0.1, -0.05) is 19.3 Å². The van der Waals surface area contributed by atoms with Crippen molar-refractivity contribution < 1.29 is 4.79 Å². The molecule has 102 valence electrons. The number of hydrogen-bond donors (Lipinski definition) is 1. The van der Waals surface area contributed by atoms with E-state index in [1.807, 2.05) is 4.90 Å². The number of carbonyl (C=O) groups is 1. The molecule has 2 aliphatic rings. The Labute approximate surface area is 110 Å². The first-order chi connectivity index (χ1) is 8.66. The van der Waals surface area contributed by atoms with E-state index in [1.54, 1.807) is 6.92 Å². The zero-order valence-electron chi connectivity index (χ0n) is 11.4. The number of carbonyl (C=O) groups excluding carboxylic acids is 1. The van der Waals surface area contributed by atoms with Crippen LogP contribution in [0.5, 0.6) is 0 Å². The Balaban J connectivity index is 1.80. The Hall–Kier alpha value is -1.03. The highest BCUT2D eigenvalue weighted by atomic mass is 16.2. The van der Waals surface area contributed by atoms with E-state index in [-0.39, 0.29) is 5.91 Å². The van der Waals surface area contributed by atoms with Gasteiger partial charge in [0.15, 0.2) is 0 Å². The molecule has 2 N–H and O–H groups in total. The monoisotopic (exact) mass is 251 g/mol. The third-order valence-electron chi connectivity index (χ3n) is 4.07. The number of hydrogen-bond acceptors (Lipinski definition) is 3. The molecule has 0 aromatic heterocycles. The van der Waals surface area contributed by atoms with Crippen molar-refractivity contribution in [3.05, 3.63) is 11.8 Å². The fourth-order valence-corrected chi connectivity index (χ4v) is 3.04. The normalized spacial score (nSPS) is 24.3. The van der Waals surface area contributed by atoms with Crippen molar-refractivity contribution in [1.82, 2.24) is 9.80 Å². The number of allylic oxidation sites excluding steroid dienone is 1. The molecule has 2 rings (SSSR count). The number of amides is 1. The predicted octanol–water partition coefficient (Wildman–Crippen LogP) is 1.33. The van der Waals surface area contributed by atoms with Crippen molar-refractivity contribution >= 4 is 5.91 Å². The van der Waals surface area contributed by atoms with Crippen LogP contribution in [0.1, 0.15) is 39.0 Å². The molecule has 0 bridgehead atoms. The molecular weight excluding hydrogens is 226 g/mol. The summed E-state index contributed by atoms with van der Waals surface area (Å²) in [4.78, 5) is 16.3. The minimum Gasteiger partial charge on any atom is -0.402 e. The standard InChI is InChI=1S/C14H25N3O/c1-12(15)11-14(18)17-9-7-16(8-10-17)13-5-3-2-4-6-13/h11,13H,2-10,15H2,1H3/b12-11-. The Kier molecular flexibility index (Phi) is 4.64. The van der Waals surface area contributed by atoms with Crippen molar-refractivity contribution in [3.63, 3.8) is 0 Å². The lowest BCUT2D eigenvalue weighted by molar-refractivity contribution is -0.128. The second-order valence-electron chi connectivity index (χ2n) is 5.54. The van der Waals surface area contributed by atoms with Crippen LogP contribution in [-0.2, 0) is 4.79 Å². The molecule has 1 saturated carbocycles. The molecule has 0 aromatic carbocycles. The molecule has 1 saturated heterocycles. The van der Waals surface area contributed by atoms with Crippen LogP contribution in [0.2, 0.25) is 0 Å². The van der Waals surface area contributed by atoms with Crippen molar-refractivity contribution in [2.75, 3.05) is 26.2 Å². The first kappa shape index (κ1) is 13.4. The topological polar surface area (TPSA) is 49.6 Å². The largest absolute Gasteiger partial charge is 0.402 e. The second-order valence-corrected chi connectivity index (χ2v) is 5.54. The third kappa shape index (κ3) is 3.48. The van der Waals surface area contributed by atoms with Gasteiger partial charge >= 0.3 is 0 Å². The van der Waals surface area contributed by atoms with Crippen molar-refractivity contribution in [2.45, 2.75) is 45.1 Å². The van der Waals surface area contributed by atoms with Crippen LogP contribution in [0, 0.1) is 0 Å². The lowest BCUT2D eigenvalue weighted by atomic mass is 9.94. The van der Waals surface area contributed by atoms with Crippen molar-refractivity contribution in [1.29, 1.82) is 0 Å². The molecule has 4 nitrogen and oxygen atoms in total. The van der Waals surface area contributed by atoms with Gasteiger partial charge in [-0.05, 0) is 19.8 Å². The highest BCUT2D eigenvalue weighted by Crippen LogP contribution is 2.23. The highest BCUT2D eigenvalue weighted by Gasteiger charge is 2.26. The summed E-state index contributed by atoms with van der Waals surface area (Å²) in [7, 11) is 0. The highest BCUT2D eigenvalue weighted by molar-refractivity contribution is 5.88. The summed E-state index contributed by atoms with van der Waals surface area (Å²) in [5.74, 6) is 0.0679. The summed E-state index contributed by atoms with van der Waals surface area (Å²) >= 11 is 0. The van der Waals surface area contributed by atoms with E-state index in [9.17, 15) is 4.79 Å². The van der Waals surface area contributed by atoms with Gasteiger partial charge in [0.1, 0.15) is 0 Å². The molecule has 1 aliphatic heterocycles. The fraction of sp³-hybridized carbons (Fsp3) is 0.786. The summed E-state index contributed by atoms with van der Waals surface area (Å²) in [5, 5.41) is 0. The molecule has 1 aliphatic carbocycles. The quantitative estimate of drug-likeness (QED) is 0.753. The maximum Gasteiger partial charge on any atom is 0.248 e. The van der Waals surface area contributed by atoms with Crippen LogP contribution < -0.4 is 5.73 Å². The maximum atomic E-state index is 11.8. The van der Waals surface area contributed by atoms with Gasteiger partial charge in [0, 0.05) is 44.0 Å². The summed E-state index contributed by atoms with van der Waals surface area (Å²) in [6.07, 6.45) is 8.37. The number of nitrogens with two attached hydrogens (primary N) is 1. The Morgan fingerprint density at radius 1 is 1.11 bits per heavy atom. The van der Waals surface area contributed by atoms with Crippen LogP contribution >= 0.6 is 0 Å². The average Bonchev–Trinajstić information content (AvgIpc) is 2.39. The summed E-state index contributed by atoms with van der Waals surface area (Å²) in [6, 6.07) is 0.766. The van der Waals surface area contributed by atoms with E-state index in [4.69, 9.17) is 5.73 Å². The fourth-order valence-electron chi connectivity index (χ4n) is 3.04. The van der Waals surface area contributed by atoms with Gasteiger partial charge in [-0.25, -0.2) is 0 Å².